The maximum atomic E-state index is 12.6. The van der Waals surface area contributed by atoms with Crippen molar-refractivity contribution < 1.29 is 0 Å². The van der Waals surface area contributed by atoms with Gasteiger partial charge >= 0.3 is 0 Å². The lowest BCUT2D eigenvalue weighted by Crippen LogP contribution is -2.14. The van der Waals surface area contributed by atoms with Gasteiger partial charge in [-0.15, -0.1) is 0 Å². The molecule has 2 aromatic rings. The number of aromatic amines is 1. The maximum Gasteiger partial charge on any atom is 0.192 e. The minimum atomic E-state index is 0.257. The van der Waals surface area contributed by atoms with Gasteiger partial charge in [0.2, 0.25) is 0 Å². The van der Waals surface area contributed by atoms with Crippen molar-refractivity contribution in [3.8, 4) is 0 Å². The summed E-state index contributed by atoms with van der Waals surface area (Å²) in [5.41, 5.74) is 5.84. The van der Waals surface area contributed by atoms with Gasteiger partial charge in [0.15, 0.2) is 5.43 Å². The molecule has 0 radical (unpaired) electrons. The first kappa shape index (κ1) is 11.5. The summed E-state index contributed by atoms with van der Waals surface area (Å²) in [6.45, 7) is 4.13. The standard InChI is InChI=1S/C16H19NO/c1-10-8-11(2)15-13(9-10)16(18)12-6-4-3-5-7-14(12)17-15/h8-9H,3-7H2,1-2H3,(H,17,18). The van der Waals surface area contributed by atoms with E-state index >= 15 is 0 Å². The molecule has 0 atom stereocenters. The number of aromatic nitrogens is 1. The minimum Gasteiger partial charge on any atom is -0.358 e. The summed E-state index contributed by atoms with van der Waals surface area (Å²) in [5, 5.41) is 0.869. The van der Waals surface area contributed by atoms with Crippen molar-refractivity contribution in [2.45, 2.75) is 46.0 Å². The van der Waals surface area contributed by atoms with Crippen LogP contribution in [-0.2, 0) is 12.8 Å². The maximum absolute atomic E-state index is 12.6. The molecule has 0 amide bonds. The monoisotopic (exact) mass is 241 g/mol. The molecule has 0 fully saturated rings. The topological polar surface area (TPSA) is 32.9 Å². The second-order valence-electron chi connectivity index (χ2n) is 5.48. The summed E-state index contributed by atoms with van der Waals surface area (Å²) < 4.78 is 0. The van der Waals surface area contributed by atoms with Crippen LogP contribution in [0.5, 0.6) is 0 Å². The number of benzene rings is 1. The highest BCUT2D eigenvalue weighted by molar-refractivity contribution is 5.83. The summed E-state index contributed by atoms with van der Waals surface area (Å²) in [7, 11) is 0. The molecule has 1 aliphatic carbocycles. The number of rotatable bonds is 0. The van der Waals surface area contributed by atoms with E-state index in [9.17, 15) is 4.79 Å². The smallest absolute Gasteiger partial charge is 0.192 e. The molecule has 1 aromatic carbocycles. The molecule has 2 heteroatoms. The van der Waals surface area contributed by atoms with E-state index in [4.69, 9.17) is 0 Å². The van der Waals surface area contributed by atoms with E-state index in [0.717, 1.165) is 35.7 Å². The molecule has 0 spiro atoms. The SMILES string of the molecule is Cc1cc(C)c2[nH]c3c(c(=O)c2c1)CCCCC3. The van der Waals surface area contributed by atoms with Crippen LogP contribution in [0, 0.1) is 13.8 Å². The second-order valence-corrected chi connectivity index (χ2v) is 5.48. The predicted molar refractivity (Wildman–Crippen MR) is 75.3 cm³/mol. The molecule has 0 saturated carbocycles. The highest BCUT2D eigenvalue weighted by Crippen LogP contribution is 2.22. The largest absolute Gasteiger partial charge is 0.358 e. The molecule has 1 aliphatic rings. The van der Waals surface area contributed by atoms with Crippen molar-refractivity contribution in [1.82, 2.24) is 4.98 Å². The van der Waals surface area contributed by atoms with Gasteiger partial charge in [-0.2, -0.15) is 0 Å². The number of H-pyrrole nitrogens is 1. The average molecular weight is 241 g/mol. The van der Waals surface area contributed by atoms with Crippen molar-refractivity contribution in [3.63, 3.8) is 0 Å². The molecule has 1 heterocycles. The van der Waals surface area contributed by atoms with Gasteiger partial charge < -0.3 is 4.98 Å². The van der Waals surface area contributed by atoms with Crippen molar-refractivity contribution in [1.29, 1.82) is 0 Å². The van der Waals surface area contributed by atoms with Crippen molar-refractivity contribution in [3.05, 3.63) is 44.7 Å². The Morgan fingerprint density at radius 1 is 1.06 bits per heavy atom. The van der Waals surface area contributed by atoms with Crippen LogP contribution in [0.3, 0.4) is 0 Å². The van der Waals surface area contributed by atoms with Crippen LogP contribution in [0.15, 0.2) is 16.9 Å². The first-order valence-electron chi connectivity index (χ1n) is 6.82. The van der Waals surface area contributed by atoms with Crippen LogP contribution in [0.25, 0.3) is 10.9 Å². The molecule has 2 nitrogen and oxygen atoms in total. The molecule has 0 bridgehead atoms. The fraction of sp³-hybridized carbons (Fsp3) is 0.438. The average Bonchev–Trinajstić information content (AvgIpc) is 2.56. The Bertz CT molecular complexity index is 667. The molecule has 94 valence electrons. The van der Waals surface area contributed by atoms with Crippen LogP contribution in [0.4, 0.5) is 0 Å². The quantitative estimate of drug-likeness (QED) is 0.704. The summed E-state index contributed by atoms with van der Waals surface area (Å²) >= 11 is 0. The molecule has 0 saturated heterocycles. The Morgan fingerprint density at radius 2 is 1.83 bits per heavy atom. The highest BCUT2D eigenvalue weighted by atomic mass is 16.1. The Labute approximate surface area is 107 Å². The number of nitrogens with one attached hydrogen (secondary N) is 1. The third kappa shape index (κ3) is 1.76. The van der Waals surface area contributed by atoms with Gasteiger partial charge in [-0.1, -0.05) is 12.5 Å². The van der Waals surface area contributed by atoms with Crippen LogP contribution < -0.4 is 5.43 Å². The number of hydrogen-bond donors (Lipinski definition) is 1. The Balaban J connectivity index is 2.38. The van der Waals surface area contributed by atoms with Crippen molar-refractivity contribution >= 4 is 10.9 Å². The van der Waals surface area contributed by atoms with E-state index in [1.165, 1.54) is 29.7 Å². The summed E-state index contributed by atoms with van der Waals surface area (Å²) in [6.07, 6.45) is 5.53. The van der Waals surface area contributed by atoms with Gasteiger partial charge in [-0.25, -0.2) is 0 Å². The zero-order valence-electron chi connectivity index (χ0n) is 11.1. The van der Waals surface area contributed by atoms with Gasteiger partial charge in [0, 0.05) is 16.6 Å². The Kier molecular flexibility index (Phi) is 2.73. The third-order valence-corrected chi connectivity index (χ3v) is 3.99. The zero-order chi connectivity index (χ0) is 12.7. The van der Waals surface area contributed by atoms with Crippen LogP contribution in [-0.4, -0.2) is 4.98 Å². The molecule has 18 heavy (non-hydrogen) atoms. The number of aryl methyl sites for hydroxylation is 3. The predicted octanol–water partition coefficient (Wildman–Crippen LogP) is 3.41. The summed E-state index contributed by atoms with van der Waals surface area (Å²) in [6, 6.07) is 4.16. The fourth-order valence-electron chi connectivity index (χ4n) is 3.10. The van der Waals surface area contributed by atoms with Crippen LogP contribution in [0.2, 0.25) is 0 Å². The fourth-order valence-corrected chi connectivity index (χ4v) is 3.10. The Morgan fingerprint density at radius 3 is 2.67 bits per heavy atom. The van der Waals surface area contributed by atoms with Gasteiger partial charge in [-0.05, 0) is 56.7 Å². The van der Waals surface area contributed by atoms with Gasteiger partial charge in [0.05, 0.1) is 5.52 Å². The van der Waals surface area contributed by atoms with E-state index in [-0.39, 0.29) is 5.43 Å². The molecule has 3 rings (SSSR count). The first-order valence-corrected chi connectivity index (χ1v) is 6.82. The van der Waals surface area contributed by atoms with E-state index in [1.54, 1.807) is 0 Å². The lowest BCUT2D eigenvalue weighted by molar-refractivity contribution is 0.708. The molecule has 0 aliphatic heterocycles. The van der Waals surface area contributed by atoms with Crippen LogP contribution in [0.1, 0.15) is 41.6 Å². The summed E-state index contributed by atoms with van der Waals surface area (Å²) in [5.74, 6) is 0. The van der Waals surface area contributed by atoms with Gasteiger partial charge in [0.25, 0.3) is 0 Å². The van der Waals surface area contributed by atoms with E-state index in [1.807, 2.05) is 6.07 Å². The van der Waals surface area contributed by atoms with Crippen molar-refractivity contribution in [2.75, 3.05) is 0 Å². The van der Waals surface area contributed by atoms with Crippen LogP contribution >= 0.6 is 0 Å². The normalized spacial score (nSPS) is 15.4. The van der Waals surface area contributed by atoms with E-state index in [0.29, 0.717) is 0 Å². The second kappa shape index (κ2) is 4.27. The zero-order valence-corrected chi connectivity index (χ0v) is 11.1. The Hall–Kier alpha value is -1.57. The number of pyridine rings is 1. The first-order chi connectivity index (χ1) is 8.66. The minimum absolute atomic E-state index is 0.257. The number of hydrogen-bond acceptors (Lipinski definition) is 1. The molecular weight excluding hydrogens is 222 g/mol. The lowest BCUT2D eigenvalue weighted by atomic mass is 10.0. The molecule has 0 unspecified atom stereocenters. The molecule has 1 N–H and O–H groups in total. The lowest BCUT2D eigenvalue weighted by Gasteiger charge is -2.10. The highest BCUT2D eigenvalue weighted by Gasteiger charge is 2.15. The summed E-state index contributed by atoms with van der Waals surface area (Å²) in [4.78, 5) is 16.1. The van der Waals surface area contributed by atoms with E-state index < -0.39 is 0 Å². The van der Waals surface area contributed by atoms with Gasteiger partial charge in [0.1, 0.15) is 0 Å². The van der Waals surface area contributed by atoms with Crippen molar-refractivity contribution in [2.24, 2.45) is 0 Å². The van der Waals surface area contributed by atoms with E-state index in [2.05, 4.69) is 24.9 Å². The molecular formula is C16H19NO. The molecule has 1 aromatic heterocycles. The van der Waals surface area contributed by atoms with Gasteiger partial charge in [-0.3, -0.25) is 4.79 Å². The third-order valence-electron chi connectivity index (χ3n) is 3.99. The number of fused-ring (bicyclic) bond motifs is 2.